The minimum atomic E-state index is 0.178. The van der Waals surface area contributed by atoms with Crippen LogP contribution in [0.1, 0.15) is 29.5 Å². The van der Waals surface area contributed by atoms with Crippen molar-refractivity contribution in [2.75, 3.05) is 35.3 Å². The van der Waals surface area contributed by atoms with Gasteiger partial charge in [0, 0.05) is 27.9 Å². The lowest BCUT2D eigenvalue weighted by Gasteiger charge is -2.32. The van der Waals surface area contributed by atoms with Gasteiger partial charge < -0.3 is 15.0 Å². The van der Waals surface area contributed by atoms with Gasteiger partial charge in [-0.1, -0.05) is 53.9 Å². The quantitative estimate of drug-likeness (QED) is 0.0772. The van der Waals surface area contributed by atoms with E-state index in [1.54, 1.807) is 6.21 Å². The van der Waals surface area contributed by atoms with Crippen molar-refractivity contribution in [2.45, 2.75) is 26.2 Å². The van der Waals surface area contributed by atoms with Crippen molar-refractivity contribution in [3.05, 3.63) is 90.6 Å². The van der Waals surface area contributed by atoms with E-state index >= 15 is 0 Å². The number of hydrogen-bond donors (Lipinski definition) is 2. The Morgan fingerprint density at radius 3 is 2.50 bits per heavy atom. The number of piperidine rings is 1. The first-order valence-corrected chi connectivity index (χ1v) is 15.9. The molecule has 5 rings (SSSR count). The minimum absolute atomic E-state index is 0.178. The second-order valence-corrected chi connectivity index (χ2v) is 12.5. The largest absolute Gasteiger partial charge is 0.479 e. The third kappa shape index (κ3) is 8.32. The van der Waals surface area contributed by atoms with Gasteiger partial charge in [-0.05, 0) is 107 Å². The zero-order valence-electron chi connectivity index (χ0n) is 23.2. The predicted molar refractivity (Wildman–Crippen MR) is 187 cm³/mol. The van der Waals surface area contributed by atoms with Gasteiger partial charge in [0.25, 0.3) is 0 Å². The lowest BCUT2D eigenvalue weighted by molar-refractivity contribution is 0.367. The molecular formula is C32H31I2N7O. The Morgan fingerprint density at radius 1 is 1.02 bits per heavy atom. The summed E-state index contributed by atoms with van der Waals surface area (Å²) in [6, 6.07) is 22.8. The number of aryl methyl sites for hydroxylation is 1. The molecule has 0 saturated carbocycles. The van der Waals surface area contributed by atoms with Crippen LogP contribution in [0.15, 0.2) is 71.8 Å². The van der Waals surface area contributed by atoms with Gasteiger partial charge in [0.05, 0.1) is 9.78 Å². The third-order valence-corrected chi connectivity index (χ3v) is 8.33. The molecule has 0 spiro atoms. The van der Waals surface area contributed by atoms with Crippen molar-refractivity contribution in [2.24, 2.45) is 11.0 Å². The third-order valence-electron chi connectivity index (χ3n) is 6.90. The molecule has 1 saturated heterocycles. The van der Waals surface area contributed by atoms with E-state index < -0.39 is 0 Å². The topological polar surface area (TPSA) is 87.6 Å². The second-order valence-electron chi connectivity index (χ2n) is 10.1. The number of ether oxygens (including phenoxy) is 1. The molecular weight excluding hydrogens is 752 g/mol. The first-order valence-electron chi connectivity index (χ1n) is 13.7. The van der Waals surface area contributed by atoms with Gasteiger partial charge in [-0.15, -0.1) is 6.42 Å². The van der Waals surface area contributed by atoms with Gasteiger partial charge in [-0.3, -0.25) is 0 Å². The zero-order chi connectivity index (χ0) is 29.3. The smallest absolute Gasteiger partial charge is 0.250 e. The highest BCUT2D eigenvalue weighted by Crippen LogP contribution is 2.28. The highest BCUT2D eigenvalue weighted by atomic mass is 127. The standard InChI is InChI=1S/C32H31I2N7O/c1-3-17-42-29-25(19-26(33)20-28(29)34)21-35-40-31-37-30(36-27-11-9-22(2)10-12-27)38-32(39-31)41-15-13-24(14-16-41)18-23-7-5-4-6-8-23/h1,4-12,19-21,24H,13-18H2,2H3,(H2,36,37,38,39,40)/b35-21+. The molecule has 4 aromatic rings. The molecule has 0 unspecified atom stereocenters. The fourth-order valence-corrected chi connectivity index (χ4v) is 6.81. The molecule has 1 fully saturated rings. The number of rotatable bonds is 10. The summed E-state index contributed by atoms with van der Waals surface area (Å²) in [4.78, 5) is 16.4. The maximum absolute atomic E-state index is 5.79. The van der Waals surface area contributed by atoms with Crippen molar-refractivity contribution in [3.8, 4) is 18.1 Å². The number of halogens is 2. The van der Waals surface area contributed by atoms with Crippen LogP contribution in [0.25, 0.3) is 0 Å². The Morgan fingerprint density at radius 2 is 1.76 bits per heavy atom. The molecule has 42 heavy (non-hydrogen) atoms. The maximum atomic E-state index is 5.79. The Hall–Kier alpha value is -3.44. The summed E-state index contributed by atoms with van der Waals surface area (Å²) < 4.78 is 7.81. The average molecular weight is 783 g/mol. The van der Waals surface area contributed by atoms with Gasteiger partial charge in [0.2, 0.25) is 17.8 Å². The molecule has 10 heteroatoms. The Labute approximate surface area is 274 Å². The number of terminal acetylenes is 1. The summed E-state index contributed by atoms with van der Waals surface area (Å²) in [5.41, 5.74) is 7.29. The summed E-state index contributed by atoms with van der Waals surface area (Å²) in [5, 5.41) is 7.78. The maximum Gasteiger partial charge on any atom is 0.250 e. The van der Waals surface area contributed by atoms with Crippen molar-refractivity contribution < 1.29 is 4.74 Å². The van der Waals surface area contributed by atoms with E-state index in [9.17, 15) is 0 Å². The number of nitrogens with one attached hydrogen (secondary N) is 2. The Kier molecular flexibility index (Phi) is 10.5. The molecule has 0 bridgehead atoms. The molecule has 1 aliphatic heterocycles. The Bertz CT molecular complexity index is 1560. The van der Waals surface area contributed by atoms with Crippen LogP contribution in [0, 0.1) is 32.3 Å². The number of hydrazone groups is 1. The molecule has 0 amide bonds. The van der Waals surface area contributed by atoms with E-state index in [4.69, 9.17) is 21.1 Å². The molecule has 3 aromatic carbocycles. The predicted octanol–water partition coefficient (Wildman–Crippen LogP) is 7.05. The van der Waals surface area contributed by atoms with Crippen LogP contribution in [-0.4, -0.2) is 40.9 Å². The monoisotopic (exact) mass is 783 g/mol. The SMILES string of the molecule is C#CCOc1c(I)cc(I)cc1/C=N/Nc1nc(Nc2ccc(C)cc2)nc(N2CCC(Cc3ccccc3)CC2)n1. The van der Waals surface area contributed by atoms with Crippen molar-refractivity contribution >= 4 is 74.9 Å². The first-order chi connectivity index (χ1) is 20.5. The van der Waals surface area contributed by atoms with Crippen LogP contribution >= 0.6 is 45.2 Å². The normalized spacial score (nSPS) is 13.6. The molecule has 0 atom stereocenters. The molecule has 0 radical (unpaired) electrons. The molecule has 8 nitrogen and oxygen atoms in total. The lowest BCUT2D eigenvalue weighted by atomic mass is 9.90. The summed E-state index contributed by atoms with van der Waals surface area (Å²) in [6.07, 6.45) is 10.4. The molecule has 1 aliphatic rings. The van der Waals surface area contributed by atoms with E-state index in [1.807, 2.05) is 36.4 Å². The van der Waals surface area contributed by atoms with Crippen LogP contribution in [0.3, 0.4) is 0 Å². The van der Waals surface area contributed by atoms with Gasteiger partial charge in [-0.25, -0.2) is 5.43 Å². The number of anilines is 4. The average Bonchev–Trinajstić information content (AvgIpc) is 2.99. The Balaban J connectivity index is 1.35. The zero-order valence-corrected chi connectivity index (χ0v) is 27.5. The van der Waals surface area contributed by atoms with Gasteiger partial charge >= 0.3 is 0 Å². The number of benzene rings is 3. The molecule has 0 aliphatic carbocycles. The van der Waals surface area contributed by atoms with E-state index in [1.165, 1.54) is 11.1 Å². The van der Waals surface area contributed by atoms with Crippen molar-refractivity contribution in [1.29, 1.82) is 0 Å². The van der Waals surface area contributed by atoms with Crippen LogP contribution in [0.2, 0.25) is 0 Å². The summed E-state index contributed by atoms with van der Waals surface area (Å²) in [7, 11) is 0. The van der Waals surface area contributed by atoms with E-state index in [-0.39, 0.29) is 6.61 Å². The first kappa shape index (κ1) is 30.0. The van der Waals surface area contributed by atoms with Crippen molar-refractivity contribution in [1.82, 2.24) is 15.0 Å². The van der Waals surface area contributed by atoms with E-state index in [2.05, 4.69) is 114 Å². The lowest BCUT2D eigenvalue weighted by Crippen LogP contribution is -2.35. The van der Waals surface area contributed by atoms with Gasteiger partial charge in [0.1, 0.15) is 12.4 Å². The number of aromatic nitrogens is 3. The van der Waals surface area contributed by atoms with Crippen LogP contribution in [-0.2, 0) is 6.42 Å². The van der Waals surface area contributed by atoms with Crippen LogP contribution in [0.5, 0.6) is 5.75 Å². The van der Waals surface area contributed by atoms with Gasteiger partial charge in [-0.2, -0.15) is 20.1 Å². The molecule has 1 aromatic heterocycles. The minimum Gasteiger partial charge on any atom is -0.479 e. The van der Waals surface area contributed by atoms with Crippen LogP contribution in [0.4, 0.5) is 23.5 Å². The highest BCUT2D eigenvalue weighted by Gasteiger charge is 2.22. The number of nitrogens with zero attached hydrogens (tertiary/aromatic N) is 5. The fraction of sp³-hybridized carbons (Fsp3) is 0.250. The number of hydrogen-bond acceptors (Lipinski definition) is 8. The molecule has 214 valence electrons. The van der Waals surface area contributed by atoms with Crippen molar-refractivity contribution in [3.63, 3.8) is 0 Å². The summed E-state index contributed by atoms with van der Waals surface area (Å²) in [6.45, 7) is 4.00. The molecule has 2 N–H and O–H groups in total. The second kappa shape index (κ2) is 14.6. The van der Waals surface area contributed by atoms with Crippen LogP contribution < -0.4 is 20.4 Å². The molecule has 2 heterocycles. The van der Waals surface area contributed by atoms with E-state index in [0.717, 1.165) is 50.7 Å². The van der Waals surface area contributed by atoms with E-state index in [0.29, 0.717) is 29.5 Å². The fourth-order valence-electron chi connectivity index (χ4n) is 4.76. The van der Waals surface area contributed by atoms with Gasteiger partial charge in [0.15, 0.2) is 0 Å². The summed E-state index contributed by atoms with van der Waals surface area (Å²) in [5.74, 6) is 5.28. The highest BCUT2D eigenvalue weighted by molar-refractivity contribution is 14.1. The summed E-state index contributed by atoms with van der Waals surface area (Å²) >= 11 is 4.51.